The molecular formula is C26H30N8O2S. The van der Waals surface area contributed by atoms with Gasteiger partial charge in [0.1, 0.15) is 11.4 Å². The summed E-state index contributed by atoms with van der Waals surface area (Å²) in [5.41, 5.74) is 4.36. The molecule has 0 unspecified atom stereocenters. The molecule has 4 aromatic rings. The Morgan fingerprint density at radius 2 is 1.92 bits per heavy atom. The lowest BCUT2D eigenvalue weighted by Gasteiger charge is -2.35. The number of anilines is 2. The number of nitrogens with zero attached hydrogens (tertiary/aromatic N) is 5. The first-order valence-electron chi connectivity index (χ1n) is 12.2. The average molecular weight is 519 g/mol. The Bertz CT molecular complexity index is 1450. The molecule has 0 bridgehead atoms. The second-order valence-electron chi connectivity index (χ2n) is 10.0. The first kappa shape index (κ1) is 24.8. The lowest BCUT2D eigenvalue weighted by atomic mass is 10.1. The lowest BCUT2D eigenvalue weighted by molar-refractivity contribution is 0.0139. The van der Waals surface area contributed by atoms with Crippen molar-refractivity contribution in [2.24, 2.45) is 0 Å². The van der Waals surface area contributed by atoms with Crippen LogP contribution in [0.3, 0.4) is 0 Å². The Hall–Kier alpha value is -3.83. The molecule has 0 radical (unpaired) electrons. The topological polar surface area (TPSA) is 115 Å². The van der Waals surface area contributed by atoms with Gasteiger partial charge in [-0.1, -0.05) is 6.07 Å². The summed E-state index contributed by atoms with van der Waals surface area (Å²) in [5, 5.41) is 3.28. The Labute approximate surface area is 220 Å². The Morgan fingerprint density at radius 3 is 2.65 bits per heavy atom. The maximum Gasteiger partial charge on any atom is 0.410 e. The van der Waals surface area contributed by atoms with Crippen molar-refractivity contribution in [2.75, 3.05) is 31.5 Å². The third-order valence-corrected chi connectivity index (χ3v) is 6.21. The van der Waals surface area contributed by atoms with E-state index in [9.17, 15) is 4.79 Å². The Morgan fingerprint density at radius 1 is 1.11 bits per heavy atom. The molecule has 1 amide bonds. The second-order valence-corrected chi connectivity index (χ2v) is 10.4. The zero-order chi connectivity index (χ0) is 26.0. The standard InChI is InChI=1S/C26H30N8O2S/c1-26(2,3)36-25(35)34-10-8-33(9-11-34)16-17-6-7-27-22(12-17)32-23-30-20-5-4-18(13-21(20)31-23)19-14-28-24(37)29-15-19/h4-7,12-15H,8-11,16H2,1-3H3,(H,28,29,37)(H2,27,30,31,32). The van der Waals surface area contributed by atoms with Crippen LogP contribution >= 0.6 is 12.2 Å². The van der Waals surface area contributed by atoms with Crippen LogP contribution in [-0.4, -0.2) is 72.6 Å². The van der Waals surface area contributed by atoms with E-state index in [1.54, 1.807) is 17.3 Å². The largest absolute Gasteiger partial charge is 0.444 e. The summed E-state index contributed by atoms with van der Waals surface area (Å²) >= 11 is 5.03. The number of aromatic nitrogens is 5. The number of piperazine rings is 1. The molecule has 1 saturated heterocycles. The maximum atomic E-state index is 12.3. The number of rotatable bonds is 5. The fourth-order valence-corrected chi connectivity index (χ4v) is 4.30. The summed E-state index contributed by atoms with van der Waals surface area (Å²) in [7, 11) is 0. The number of hydrogen-bond donors (Lipinski definition) is 3. The highest BCUT2D eigenvalue weighted by Crippen LogP contribution is 2.24. The zero-order valence-corrected chi connectivity index (χ0v) is 21.9. The van der Waals surface area contributed by atoms with E-state index in [1.165, 1.54) is 0 Å². The lowest BCUT2D eigenvalue weighted by Crippen LogP contribution is -2.49. The quantitative estimate of drug-likeness (QED) is 0.321. The minimum absolute atomic E-state index is 0.245. The average Bonchev–Trinajstić information content (AvgIpc) is 3.25. The number of ether oxygens (including phenoxy) is 1. The fourth-order valence-electron chi connectivity index (χ4n) is 4.18. The van der Waals surface area contributed by atoms with Gasteiger partial charge in [0.15, 0.2) is 4.77 Å². The van der Waals surface area contributed by atoms with Gasteiger partial charge < -0.3 is 24.9 Å². The summed E-state index contributed by atoms with van der Waals surface area (Å²) in [6.45, 7) is 9.32. The molecule has 1 aliphatic rings. The maximum absolute atomic E-state index is 12.3. The highest BCUT2D eigenvalue weighted by atomic mass is 32.1. The number of carbonyl (C=O) groups excluding carboxylic acids is 1. The predicted molar refractivity (Wildman–Crippen MR) is 145 cm³/mol. The predicted octanol–water partition coefficient (Wildman–Crippen LogP) is 4.87. The molecule has 37 heavy (non-hydrogen) atoms. The van der Waals surface area contributed by atoms with Gasteiger partial charge in [0, 0.05) is 56.9 Å². The highest BCUT2D eigenvalue weighted by Gasteiger charge is 2.25. The van der Waals surface area contributed by atoms with Gasteiger partial charge in [-0.3, -0.25) is 4.90 Å². The van der Waals surface area contributed by atoms with Crippen LogP contribution in [-0.2, 0) is 11.3 Å². The van der Waals surface area contributed by atoms with Crippen molar-refractivity contribution in [2.45, 2.75) is 32.9 Å². The first-order valence-corrected chi connectivity index (χ1v) is 12.6. The zero-order valence-electron chi connectivity index (χ0n) is 21.1. The van der Waals surface area contributed by atoms with Crippen molar-refractivity contribution in [1.29, 1.82) is 0 Å². The molecule has 3 aromatic heterocycles. The monoisotopic (exact) mass is 518 g/mol. The SMILES string of the molecule is CC(C)(C)OC(=O)N1CCN(Cc2ccnc(Nc3nc4ccc(-c5cnc(=S)[nH]c5)cc4[nH]3)c2)CC1. The molecule has 10 nitrogen and oxygen atoms in total. The van der Waals surface area contributed by atoms with Gasteiger partial charge >= 0.3 is 6.09 Å². The number of aromatic amines is 2. The van der Waals surface area contributed by atoms with Crippen molar-refractivity contribution in [3.8, 4) is 11.1 Å². The number of imidazole rings is 1. The van der Waals surface area contributed by atoms with E-state index in [0.29, 0.717) is 29.6 Å². The minimum atomic E-state index is -0.482. The van der Waals surface area contributed by atoms with Crippen molar-refractivity contribution in [1.82, 2.24) is 34.7 Å². The number of pyridine rings is 1. The van der Waals surface area contributed by atoms with Gasteiger partial charge in [0.2, 0.25) is 5.95 Å². The van der Waals surface area contributed by atoms with Crippen molar-refractivity contribution in [3.05, 3.63) is 59.3 Å². The van der Waals surface area contributed by atoms with Crippen LogP contribution in [0.25, 0.3) is 22.2 Å². The Balaban J connectivity index is 1.21. The summed E-state index contributed by atoms with van der Waals surface area (Å²) < 4.78 is 5.95. The molecule has 0 spiro atoms. The molecule has 3 N–H and O–H groups in total. The number of benzene rings is 1. The number of nitrogens with one attached hydrogen (secondary N) is 3. The summed E-state index contributed by atoms with van der Waals surface area (Å²) in [4.78, 5) is 36.0. The molecule has 11 heteroatoms. The fraction of sp³-hybridized carbons (Fsp3) is 0.346. The third kappa shape index (κ3) is 6.30. The van der Waals surface area contributed by atoms with Crippen LogP contribution in [0.2, 0.25) is 0 Å². The molecule has 5 rings (SSSR count). The smallest absolute Gasteiger partial charge is 0.410 e. The van der Waals surface area contributed by atoms with E-state index in [2.05, 4.69) is 35.1 Å². The van der Waals surface area contributed by atoms with Gasteiger partial charge in [-0.25, -0.2) is 19.7 Å². The van der Waals surface area contributed by atoms with E-state index >= 15 is 0 Å². The summed E-state index contributed by atoms with van der Waals surface area (Å²) in [6, 6.07) is 10.0. The van der Waals surface area contributed by atoms with E-state index < -0.39 is 5.60 Å². The minimum Gasteiger partial charge on any atom is -0.444 e. The van der Waals surface area contributed by atoms with Gasteiger partial charge in [0.05, 0.1) is 11.0 Å². The molecule has 0 aliphatic carbocycles. The van der Waals surface area contributed by atoms with Crippen LogP contribution in [0.4, 0.5) is 16.6 Å². The molecule has 192 valence electrons. The van der Waals surface area contributed by atoms with Crippen LogP contribution in [0.1, 0.15) is 26.3 Å². The first-order chi connectivity index (χ1) is 17.7. The van der Waals surface area contributed by atoms with E-state index in [1.807, 2.05) is 57.3 Å². The van der Waals surface area contributed by atoms with E-state index in [4.69, 9.17) is 17.0 Å². The number of fused-ring (bicyclic) bond motifs is 1. The molecule has 0 saturated carbocycles. The van der Waals surface area contributed by atoms with E-state index in [-0.39, 0.29) is 6.09 Å². The number of hydrogen-bond acceptors (Lipinski definition) is 8. The Kier molecular flexibility index (Phi) is 6.90. The summed E-state index contributed by atoms with van der Waals surface area (Å²) in [5.74, 6) is 1.33. The molecule has 1 aromatic carbocycles. The van der Waals surface area contributed by atoms with Crippen molar-refractivity contribution >= 4 is 41.1 Å². The number of carbonyl (C=O) groups is 1. The van der Waals surface area contributed by atoms with Crippen LogP contribution < -0.4 is 5.32 Å². The second kappa shape index (κ2) is 10.3. The van der Waals surface area contributed by atoms with E-state index in [0.717, 1.165) is 47.4 Å². The summed E-state index contributed by atoms with van der Waals surface area (Å²) in [6.07, 6.45) is 5.15. The van der Waals surface area contributed by atoms with Gasteiger partial charge in [-0.15, -0.1) is 0 Å². The van der Waals surface area contributed by atoms with Crippen LogP contribution in [0.15, 0.2) is 48.9 Å². The van der Waals surface area contributed by atoms with Gasteiger partial charge in [-0.2, -0.15) is 0 Å². The number of H-pyrrole nitrogens is 2. The molecule has 1 fully saturated rings. The van der Waals surface area contributed by atoms with Gasteiger partial charge in [0.25, 0.3) is 0 Å². The van der Waals surface area contributed by atoms with Gasteiger partial charge in [-0.05, 0) is 68.4 Å². The third-order valence-electron chi connectivity index (χ3n) is 5.99. The molecular weight excluding hydrogens is 488 g/mol. The number of amides is 1. The molecule has 1 aliphatic heterocycles. The normalized spacial score (nSPS) is 14.6. The highest BCUT2D eigenvalue weighted by molar-refractivity contribution is 7.71. The van der Waals surface area contributed by atoms with Crippen molar-refractivity contribution < 1.29 is 9.53 Å². The van der Waals surface area contributed by atoms with Crippen molar-refractivity contribution in [3.63, 3.8) is 0 Å². The van der Waals surface area contributed by atoms with Crippen LogP contribution in [0, 0.1) is 4.77 Å². The van der Waals surface area contributed by atoms with Crippen LogP contribution in [0.5, 0.6) is 0 Å². The molecule has 4 heterocycles. The molecule has 0 atom stereocenters.